The summed E-state index contributed by atoms with van der Waals surface area (Å²) in [6, 6.07) is 0. The van der Waals surface area contributed by atoms with Gasteiger partial charge in [-0.05, 0) is 0 Å². The zero-order valence-electron chi connectivity index (χ0n) is 14.3. The van der Waals surface area contributed by atoms with Crippen molar-refractivity contribution < 1.29 is 38.5 Å². The Kier molecular flexibility index (Phi) is 7.54. The fraction of sp³-hybridized carbons (Fsp3) is 0.625. The van der Waals surface area contributed by atoms with E-state index in [9.17, 15) is 19.2 Å². The molecule has 0 bridgehead atoms. The summed E-state index contributed by atoms with van der Waals surface area (Å²) in [5.74, 6) is -3.14. The minimum atomic E-state index is -1.37. The molecule has 2 amide bonds. The Balaban J connectivity index is 1.90. The Morgan fingerprint density at radius 1 is 0.885 bits per heavy atom. The number of rotatable bonds is 6. The summed E-state index contributed by atoms with van der Waals surface area (Å²) in [4.78, 5) is 50.3. The first kappa shape index (κ1) is 19.9. The highest BCUT2D eigenvalue weighted by Crippen LogP contribution is 2.10. The summed E-state index contributed by atoms with van der Waals surface area (Å²) in [7, 11) is 0. The van der Waals surface area contributed by atoms with Crippen LogP contribution in [0.5, 0.6) is 0 Å². The summed E-state index contributed by atoms with van der Waals surface area (Å²) in [6.45, 7) is 2.67. The number of carbonyl (C=O) groups is 4. The van der Waals surface area contributed by atoms with Crippen molar-refractivity contribution in [3.63, 3.8) is 0 Å². The van der Waals surface area contributed by atoms with E-state index in [-0.39, 0.29) is 5.57 Å². The molecule has 10 nitrogen and oxygen atoms in total. The van der Waals surface area contributed by atoms with Crippen molar-refractivity contribution in [3.05, 3.63) is 11.6 Å². The van der Waals surface area contributed by atoms with E-state index in [1.165, 1.54) is 9.80 Å². The molecule has 26 heavy (non-hydrogen) atoms. The summed E-state index contributed by atoms with van der Waals surface area (Å²) >= 11 is 0. The van der Waals surface area contributed by atoms with Crippen LogP contribution in [0.25, 0.3) is 0 Å². The smallest absolute Gasteiger partial charge is 0.335 e. The summed E-state index contributed by atoms with van der Waals surface area (Å²) in [6.07, 6.45) is 0.233. The van der Waals surface area contributed by atoms with Crippen LogP contribution >= 0.6 is 0 Å². The molecule has 2 aliphatic heterocycles. The molecule has 0 radical (unpaired) electrons. The Morgan fingerprint density at radius 3 is 1.88 bits per heavy atom. The molecule has 2 aliphatic rings. The monoisotopic (exact) mass is 370 g/mol. The molecule has 0 spiro atoms. The summed E-state index contributed by atoms with van der Waals surface area (Å²) < 4.78 is 15.2. The van der Waals surface area contributed by atoms with Gasteiger partial charge in [0.25, 0.3) is 5.91 Å². The van der Waals surface area contributed by atoms with Crippen molar-refractivity contribution in [2.75, 3.05) is 59.2 Å². The first-order valence-corrected chi connectivity index (χ1v) is 8.29. The molecule has 0 aromatic rings. The Bertz CT molecular complexity index is 577. The maximum atomic E-state index is 12.2. The molecule has 2 saturated heterocycles. The number of morpholine rings is 2. The van der Waals surface area contributed by atoms with Crippen molar-refractivity contribution in [1.82, 2.24) is 9.80 Å². The van der Waals surface area contributed by atoms with Gasteiger partial charge in [0.15, 0.2) is 6.61 Å². The topological polar surface area (TPSA) is 123 Å². The lowest BCUT2D eigenvalue weighted by Gasteiger charge is -2.27. The van der Waals surface area contributed by atoms with Gasteiger partial charge in [-0.25, -0.2) is 9.59 Å². The molecule has 0 saturated carbocycles. The second kappa shape index (κ2) is 9.88. The van der Waals surface area contributed by atoms with E-state index in [0.717, 1.165) is 0 Å². The molecule has 10 heteroatoms. The number of carbonyl (C=O) groups excluding carboxylic acids is 3. The van der Waals surface area contributed by atoms with Crippen LogP contribution in [0.3, 0.4) is 0 Å². The van der Waals surface area contributed by atoms with Gasteiger partial charge >= 0.3 is 11.9 Å². The van der Waals surface area contributed by atoms with Crippen LogP contribution < -0.4 is 0 Å². The minimum Gasteiger partial charge on any atom is -0.478 e. The molecule has 2 heterocycles. The minimum absolute atomic E-state index is 0.302. The van der Waals surface area contributed by atoms with E-state index in [1.807, 2.05) is 0 Å². The molecule has 144 valence electrons. The lowest BCUT2D eigenvalue weighted by atomic mass is 10.1. The molecule has 0 unspecified atom stereocenters. The number of amides is 2. The Hall–Kier alpha value is -2.46. The summed E-state index contributed by atoms with van der Waals surface area (Å²) in [5.41, 5.74) is -0.302. The number of esters is 1. The highest BCUT2D eigenvalue weighted by molar-refractivity contribution is 6.00. The van der Waals surface area contributed by atoms with Gasteiger partial charge in [0.1, 0.15) is 0 Å². The number of carboxylic acids is 1. The number of carboxylic acid groups (broad SMARTS) is 1. The van der Waals surface area contributed by atoms with Gasteiger partial charge in [-0.1, -0.05) is 0 Å². The van der Waals surface area contributed by atoms with Gasteiger partial charge in [0, 0.05) is 32.3 Å². The fourth-order valence-corrected chi connectivity index (χ4v) is 2.54. The quantitative estimate of drug-likeness (QED) is 0.450. The summed E-state index contributed by atoms with van der Waals surface area (Å²) in [5, 5.41) is 8.92. The highest BCUT2D eigenvalue weighted by atomic mass is 16.5. The predicted molar refractivity (Wildman–Crippen MR) is 86.1 cm³/mol. The van der Waals surface area contributed by atoms with E-state index in [2.05, 4.69) is 0 Å². The standard InChI is InChI=1S/C16H22N2O8/c19-13(17-1-5-24-6-2-17)9-12(10-15(21)22)16(23)26-11-14(20)18-3-7-25-8-4-18/h10H,1-9,11H2,(H,21,22). The zero-order chi connectivity index (χ0) is 18.9. The van der Waals surface area contributed by atoms with Gasteiger partial charge in [0.2, 0.25) is 5.91 Å². The molecule has 0 aliphatic carbocycles. The van der Waals surface area contributed by atoms with Crippen molar-refractivity contribution in [3.8, 4) is 0 Å². The molecule has 0 atom stereocenters. The third-order valence-corrected chi connectivity index (χ3v) is 3.96. The Labute approximate surface area is 150 Å². The van der Waals surface area contributed by atoms with Gasteiger partial charge in [-0.2, -0.15) is 0 Å². The normalized spacial score (nSPS) is 18.4. The third kappa shape index (κ3) is 6.12. The lowest BCUT2D eigenvalue weighted by Crippen LogP contribution is -2.43. The molecule has 2 rings (SSSR count). The second-order valence-corrected chi connectivity index (χ2v) is 5.75. The SMILES string of the molecule is O=C(O)C=C(CC(=O)N1CCOCC1)C(=O)OCC(=O)N1CCOCC1. The number of ether oxygens (including phenoxy) is 3. The zero-order valence-corrected chi connectivity index (χ0v) is 14.3. The van der Waals surface area contributed by atoms with Crippen molar-refractivity contribution in [1.29, 1.82) is 0 Å². The van der Waals surface area contributed by atoms with Crippen LogP contribution in [0.15, 0.2) is 11.6 Å². The van der Waals surface area contributed by atoms with Crippen LogP contribution in [0.1, 0.15) is 6.42 Å². The van der Waals surface area contributed by atoms with E-state index in [0.29, 0.717) is 58.7 Å². The molecular weight excluding hydrogens is 348 g/mol. The van der Waals surface area contributed by atoms with Crippen molar-refractivity contribution >= 4 is 23.8 Å². The molecule has 0 aromatic heterocycles. The fourth-order valence-electron chi connectivity index (χ4n) is 2.54. The van der Waals surface area contributed by atoms with Crippen LogP contribution in [-0.4, -0.2) is 97.9 Å². The third-order valence-electron chi connectivity index (χ3n) is 3.96. The average molecular weight is 370 g/mol. The van der Waals surface area contributed by atoms with E-state index >= 15 is 0 Å². The van der Waals surface area contributed by atoms with Crippen LogP contribution in [-0.2, 0) is 33.4 Å². The molecule has 2 fully saturated rings. The number of hydrogen-bond donors (Lipinski definition) is 1. The largest absolute Gasteiger partial charge is 0.478 e. The molecule has 0 aromatic carbocycles. The second-order valence-electron chi connectivity index (χ2n) is 5.75. The average Bonchev–Trinajstić information content (AvgIpc) is 2.66. The highest BCUT2D eigenvalue weighted by Gasteiger charge is 2.24. The Morgan fingerprint density at radius 2 is 1.38 bits per heavy atom. The first-order chi connectivity index (χ1) is 12.5. The van der Waals surface area contributed by atoms with E-state index < -0.39 is 36.8 Å². The first-order valence-electron chi connectivity index (χ1n) is 8.29. The van der Waals surface area contributed by atoms with Crippen molar-refractivity contribution in [2.45, 2.75) is 6.42 Å². The maximum Gasteiger partial charge on any atom is 0.335 e. The van der Waals surface area contributed by atoms with Gasteiger partial charge in [-0.15, -0.1) is 0 Å². The van der Waals surface area contributed by atoms with E-state index in [4.69, 9.17) is 19.3 Å². The molecule has 1 N–H and O–H groups in total. The number of aliphatic carboxylic acids is 1. The lowest BCUT2D eigenvalue weighted by molar-refractivity contribution is -0.151. The van der Waals surface area contributed by atoms with E-state index in [1.54, 1.807) is 0 Å². The van der Waals surface area contributed by atoms with Gasteiger partial charge in [0.05, 0.1) is 38.4 Å². The maximum absolute atomic E-state index is 12.2. The molecular formula is C16H22N2O8. The van der Waals surface area contributed by atoms with Gasteiger partial charge < -0.3 is 29.1 Å². The number of hydrogen-bond acceptors (Lipinski definition) is 7. The van der Waals surface area contributed by atoms with Crippen LogP contribution in [0.2, 0.25) is 0 Å². The number of nitrogens with zero attached hydrogens (tertiary/aromatic N) is 2. The van der Waals surface area contributed by atoms with Crippen LogP contribution in [0.4, 0.5) is 0 Å². The van der Waals surface area contributed by atoms with Gasteiger partial charge in [-0.3, -0.25) is 9.59 Å². The van der Waals surface area contributed by atoms with Crippen LogP contribution in [0, 0.1) is 0 Å². The predicted octanol–water partition coefficient (Wildman–Crippen LogP) is -1.35. The van der Waals surface area contributed by atoms with Crippen molar-refractivity contribution in [2.24, 2.45) is 0 Å².